The maximum absolute atomic E-state index is 12.6. The number of carbonyl (C=O) groups is 1. The lowest BCUT2D eigenvalue weighted by Gasteiger charge is -2.10. The number of hydrogen-bond acceptors (Lipinski definition) is 4. The Balaban J connectivity index is 1.67. The molecule has 2 aromatic heterocycles. The van der Waals surface area contributed by atoms with Crippen molar-refractivity contribution in [2.75, 3.05) is 6.54 Å². The van der Waals surface area contributed by atoms with Gasteiger partial charge in [-0.15, -0.1) is 0 Å². The van der Waals surface area contributed by atoms with Gasteiger partial charge in [0, 0.05) is 30.0 Å². The van der Waals surface area contributed by atoms with Crippen LogP contribution in [0, 0.1) is 13.8 Å². The molecule has 0 fully saturated rings. The van der Waals surface area contributed by atoms with Gasteiger partial charge in [0.05, 0.1) is 5.56 Å². The van der Waals surface area contributed by atoms with E-state index in [1.54, 1.807) is 18.5 Å². The van der Waals surface area contributed by atoms with Gasteiger partial charge in [0.1, 0.15) is 5.03 Å². The first-order valence-corrected chi connectivity index (χ1v) is 9.32. The molecule has 2 heterocycles. The van der Waals surface area contributed by atoms with E-state index in [2.05, 4.69) is 47.3 Å². The number of aryl methyl sites for hydroxylation is 2. The third-order valence-electron chi connectivity index (χ3n) is 4.13. The fourth-order valence-electron chi connectivity index (χ4n) is 2.50. The number of aromatic nitrogens is 2. The zero-order valence-electron chi connectivity index (χ0n) is 14.9. The lowest BCUT2D eigenvalue weighted by Crippen LogP contribution is -2.26. The van der Waals surface area contributed by atoms with Crippen molar-refractivity contribution in [2.45, 2.75) is 30.2 Å². The summed E-state index contributed by atoms with van der Waals surface area (Å²) in [5, 5.41) is 3.69. The van der Waals surface area contributed by atoms with Gasteiger partial charge in [0.15, 0.2) is 0 Å². The average Bonchev–Trinajstić information content (AvgIpc) is 2.66. The zero-order chi connectivity index (χ0) is 18.4. The molecule has 5 heteroatoms. The molecule has 1 aromatic carbocycles. The third kappa shape index (κ3) is 4.70. The van der Waals surface area contributed by atoms with E-state index in [1.165, 1.54) is 22.9 Å². The van der Waals surface area contributed by atoms with Crippen LogP contribution in [0.2, 0.25) is 0 Å². The molecule has 3 rings (SSSR count). The quantitative estimate of drug-likeness (QED) is 0.712. The Morgan fingerprint density at radius 1 is 1.08 bits per heavy atom. The van der Waals surface area contributed by atoms with E-state index in [0.29, 0.717) is 12.1 Å². The first kappa shape index (κ1) is 18.1. The molecule has 0 saturated carbocycles. The number of pyridine rings is 2. The molecule has 0 aliphatic rings. The fourth-order valence-corrected chi connectivity index (χ4v) is 3.47. The van der Waals surface area contributed by atoms with Crippen molar-refractivity contribution in [3.05, 3.63) is 83.3 Å². The molecular weight excluding hydrogens is 342 g/mol. The highest BCUT2D eigenvalue weighted by Crippen LogP contribution is 2.29. The largest absolute Gasteiger partial charge is 0.352 e. The fraction of sp³-hybridized carbons (Fsp3) is 0.190. The Kier molecular flexibility index (Phi) is 6.02. The van der Waals surface area contributed by atoms with Crippen molar-refractivity contribution in [1.29, 1.82) is 0 Å². The summed E-state index contributed by atoms with van der Waals surface area (Å²) in [4.78, 5) is 22.2. The Hall–Kier alpha value is -2.66. The van der Waals surface area contributed by atoms with Crippen molar-refractivity contribution in [1.82, 2.24) is 15.3 Å². The maximum Gasteiger partial charge on any atom is 0.254 e. The number of amides is 1. The van der Waals surface area contributed by atoms with Gasteiger partial charge in [-0.2, -0.15) is 0 Å². The van der Waals surface area contributed by atoms with Gasteiger partial charge < -0.3 is 5.32 Å². The molecule has 0 spiro atoms. The van der Waals surface area contributed by atoms with Crippen LogP contribution in [0.4, 0.5) is 0 Å². The van der Waals surface area contributed by atoms with Gasteiger partial charge in [-0.05, 0) is 67.3 Å². The number of carbonyl (C=O) groups excluding carboxylic acids is 1. The molecule has 0 unspecified atom stereocenters. The standard InChI is InChI=1S/C21H21N3OS/c1-15-7-8-18(13-16(15)2)26-21-19(6-4-11-24-21)20(25)23-12-9-17-5-3-10-22-14-17/h3-8,10-11,13-14H,9,12H2,1-2H3,(H,23,25). The average molecular weight is 363 g/mol. The first-order valence-electron chi connectivity index (χ1n) is 8.51. The van der Waals surface area contributed by atoms with Gasteiger partial charge in [0.25, 0.3) is 5.91 Å². The van der Waals surface area contributed by atoms with Gasteiger partial charge >= 0.3 is 0 Å². The molecule has 4 nitrogen and oxygen atoms in total. The number of nitrogens with one attached hydrogen (secondary N) is 1. The first-order chi connectivity index (χ1) is 12.6. The van der Waals surface area contributed by atoms with E-state index in [9.17, 15) is 4.79 Å². The summed E-state index contributed by atoms with van der Waals surface area (Å²) < 4.78 is 0. The van der Waals surface area contributed by atoms with Crippen molar-refractivity contribution in [3.8, 4) is 0 Å². The second-order valence-corrected chi connectivity index (χ2v) is 7.13. The summed E-state index contributed by atoms with van der Waals surface area (Å²) >= 11 is 1.51. The van der Waals surface area contributed by atoms with E-state index in [0.717, 1.165) is 21.9 Å². The molecule has 132 valence electrons. The van der Waals surface area contributed by atoms with Crippen LogP contribution in [-0.2, 0) is 6.42 Å². The zero-order valence-corrected chi connectivity index (χ0v) is 15.7. The molecule has 0 radical (unpaired) electrons. The minimum atomic E-state index is -0.103. The molecule has 0 saturated heterocycles. The summed E-state index contributed by atoms with van der Waals surface area (Å²) in [7, 11) is 0. The van der Waals surface area contributed by atoms with E-state index >= 15 is 0 Å². The van der Waals surface area contributed by atoms with Crippen molar-refractivity contribution < 1.29 is 4.79 Å². The van der Waals surface area contributed by atoms with E-state index in [1.807, 2.05) is 24.4 Å². The van der Waals surface area contributed by atoms with Crippen LogP contribution < -0.4 is 5.32 Å². The highest BCUT2D eigenvalue weighted by atomic mass is 32.2. The molecular formula is C21H21N3OS. The highest BCUT2D eigenvalue weighted by molar-refractivity contribution is 7.99. The Morgan fingerprint density at radius 2 is 1.92 bits per heavy atom. The van der Waals surface area contributed by atoms with Crippen molar-refractivity contribution >= 4 is 17.7 Å². The Labute approximate surface area is 158 Å². The molecule has 0 atom stereocenters. The number of hydrogen-bond donors (Lipinski definition) is 1. The topological polar surface area (TPSA) is 54.9 Å². The normalized spacial score (nSPS) is 10.5. The van der Waals surface area contributed by atoms with E-state index in [-0.39, 0.29) is 5.91 Å². The summed E-state index contributed by atoms with van der Waals surface area (Å²) in [6, 6.07) is 13.8. The highest BCUT2D eigenvalue weighted by Gasteiger charge is 2.13. The van der Waals surface area contributed by atoms with E-state index < -0.39 is 0 Å². The number of rotatable bonds is 6. The summed E-state index contributed by atoms with van der Waals surface area (Å²) in [5.74, 6) is -0.103. The van der Waals surface area contributed by atoms with Crippen LogP contribution in [0.15, 0.2) is 71.0 Å². The molecule has 0 aliphatic carbocycles. The third-order valence-corrected chi connectivity index (χ3v) is 5.14. The molecule has 1 N–H and O–H groups in total. The lowest BCUT2D eigenvalue weighted by atomic mass is 10.1. The predicted octanol–water partition coefficient (Wildman–Crippen LogP) is 4.22. The van der Waals surface area contributed by atoms with Crippen molar-refractivity contribution in [3.63, 3.8) is 0 Å². The van der Waals surface area contributed by atoms with Gasteiger partial charge in [-0.25, -0.2) is 4.98 Å². The van der Waals surface area contributed by atoms with Gasteiger partial charge in [-0.1, -0.05) is 23.9 Å². The summed E-state index contributed by atoms with van der Waals surface area (Å²) in [5.41, 5.74) is 4.18. The van der Waals surface area contributed by atoms with Crippen LogP contribution >= 0.6 is 11.8 Å². The molecule has 1 amide bonds. The smallest absolute Gasteiger partial charge is 0.254 e. The van der Waals surface area contributed by atoms with Crippen LogP contribution in [-0.4, -0.2) is 22.4 Å². The monoisotopic (exact) mass is 363 g/mol. The van der Waals surface area contributed by atoms with Crippen molar-refractivity contribution in [2.24, 2.45) is 0 Å². The summed E-state index contributed by atoms with van der Waals surface area (Å²) in [6.07, 6.45) is 6.03. The predicted molar refractivity (Wildman–Crippen MR) is 105 cm³/mol. The SMILES string of the molecule is Cc1ccc(Sc2ncccc2C(=O)NCCc2cccnc2)cc1C. The van der Waals surface area contributed by atoms with Gasteiger partial charge in [0.2, 0.25) is 0 Å². The number of benzene rings is 1. The minimum absolute atomic E-state index is 0.103. The van der Waals surface area contributed by atoms with E-state index in [4.69, 9.17) is 0 Å². The van der Waals surface area contributed by atoms with Crippen LogP contribution in [0.3, 0.4) is 0 Å². The van der Waals surface area contributed by atoms with Crippen LogP contribution in [0.25, 0.3) is 0 Å². The maximum atomic E-state index is 12.6. The van der Waals surface area contributed by atoms with Crippen LogP contribution in [0.1, 0.15) is 27.0 Å². The molecule has 0 bridgehead atoms. The minimum Gasteiger partial charge on any atom is -0.352 e. The Bertz CT molecular complexity index is 897. The molecule has 0 aliphatic heterocycles. The summed E-state index contributed by atoms with van der Waals surface area (Å²) in [6.45, 7) is 4.74. The molecule has 3 aromatic rings. The molecule has 26 heavy (non-hydrogen) atoms. The Morgan fingerprint density at radius 3 is 2.69 bits per heavy atom. The second-order valence-electron chi connectivity index (χ2n) is 6.07. The van der Waals surface area contributed by atoms with Gasteiger partial charge in [-0.3, -0.25) is 9.78 Å². The van der Waals surface area contributed by atoms with Crippen LogP contribution in [0.5, 0.6) is 0 Å². The second kappa shape index (κ2) is 8.63. The lowest BCUT2D eigenvalue weighted by molar-refractivity contribution is 0.0950. The number of nitrogens with zero attached hydrogens (tertiary/aromatic N) is 2.